The molecule has 0 heterocycles. The number of rotatable bonds is 4. The molecule has 0 saturated heterocycles. The second kappa shape index (κ2) is 4.52. The van der Waals surface area contributed by atoms with E-state index in [-0.39, 0.29) is 0 Å². The van der Waals surface area contributed by atoms with Crippen LogP contribution in [-0.4, -0.2) is 18.6 Å². The predicted octanol–water partition coefficient (Wildman–Crippen LogP) is 1.03. The highest BCUT2D eigenvalue weighted by Crippen LogP contribution is 2.10. The van der Waals surface area contributed by atoms with E-state index < -0.39 is 0 Å². The Morgan fingerprint density at radius 2 is 2.18 bits per heavy atom. The molecule has 1 atom stereocenters. The van der Waals surface area contributed by atoms with Gasteiger partial charge in [-0.05, 0) is 19.3 Å². The predicted molar refractivity (Wildman–Crippen MR) is 48.4 cm³/mol. The minimum atomic E-state index is 0.514. The first-order valence-corrected chi connectivity index (χ1v) is 4.48. The summed E-state index contributed by atoms with van der Waals surface area (Å²) in [5.41, 5.74) is 5.58. The van der Waals surface area contributed by atoms with Crippen LogP contribution in [0.2, 0.25) is 0 Å². The van der Waals surface area contributed by atoms with Gasteiger partial charge < -0.3 is 11.1 Å². The summed E-state index contributed by atoms with van der Waals surface area (Å²) in [6.07, 6.45) is 7.96. The molecular formula is C9H18N2. The fourth-order valence-electron chi connectivity index (χ4n) is 1.44. The number of hydrogen-bond acceptors (Lipinski definition) is 2. The third-order valence-corrected chi connectivity index (χ3v) is 2.26. The first kappa shape index (κ1) is 8.75. The van der Waals surface area contributed by atoms with Gasteiger partial charge in [0.1, 0.15) is 0 Å². The van der Waals surface area contributed by atoms with E-state index in [4.69, 9.17) is 5.73 Å². The Morgan fingerprint density at radius 3 is 2.64 bits per heavy atom. The summed E-state index contributed by atoms with van der Waals surface area (Å²) < 4.78 is 0. The van der Waals surface area contributed by atoms with Crippen molar-refractivity contribution in [3.63, 3.8) is 0 Å². The van der Waals surface area contributed by atoms with Crippen molar-refractivity contribution in [2.75, 3.05) is 6.54 Å². The molecule has 2 nitrogen and oxygen atoms in total. The Labute approximate surface area is 68.9 Å². The second-order valence-electron chi connectivity index (χ2n) is 3.15. The van der Waals surface area contributed by atoms with Gasteiger partial charge in [-0.1, -0.05) is 19.1 Å². The molecule has 1 aliphatic carbocycles. The first-order chi connectivity index (χ1) is 5.36. The SMILES string of the molecule is CCC(CN)NC1CC=CC1. The molecular weight excluding hydrogens is 136 g/mol. The molecule has 11 heavy (non-hydrogen) atoms. The van der Waals surface area contributed by atoms with E-state index in [1.807, 2.05) is 0 Å². The van der Waals surface area contributed by atoms with E-state index >= 15 is 0 Å². The summed E-state index contributed by atoms with van der Waals surface area (Å²) in [5.74, 6) is 0. The Bertz CT molecular complexity index is 120. The first-order valence-electron chi connectivity index (χ1n) is 4.48. The van der Waals surface area contributed by atoms with Crippen LogP contribution in [0.1, 0.15) is 26.2 Å². The third-order valence-electron chi connectivity index (χ3n) is 2.26. The molecule has 1 aliphatic rings. The van der Waals surface area contributed by atoms with Crippen molar-refractivity contribution in [2.24, 2.45) is 5.73 Å². The summed E-state index contributed by atoms with van der Waals surface area (Å²) in [4.78, 5) is 0. The molecule has 3 N–H and O–H groups in total. The Kier molecular flexibility index (Phi) is 3.60. The molecule has 0 bridgehead atoms. The van der Waals surface area contributed by atoms with E-state index in [9.17, 15) is 0 Å². The lowest BCUT2D eigenvalue weighted by molar-refractivity contribution is 0.433. The maximum absolute atomic E-state index is 5.58. The van der Waals surface area contributed by atoms with Crippen LogP contribution in [-0.2, 0) is 0 Å². The van der Waals surface area contributed by atoms with Gasteiger partial charge in [-0.3, -0.25) is 0 Å². The zero-order valence-electron chi connectivity index (χ0n) is 7.22. The average Bonchev–Trinajstić information content (AvgIpc) is 2.52. The normalized spacial score (nSPS) is 20.9. The van der Waals surface area contributed by atoms with Gasteiger partial charge in [-0.2, -0.15) is 0 Å². The van der Waals surface area contributed by atoms with Crippen molar-refractivity contribution in [3.05, 3.63) is 12.2 Å². The topological polar surface area (TPSA) is 38.0 Å². The van der Waals surface area contributed by atoms with Crippen LogP contribution in [0.3, 0.4) is 0 Å². The van der Waals surface area contributed by atoms with Crippen LogP contribution in [0.15, 0.2) is 12.2 Å². The number of nitrogens with one attached hydrogen (secondary N) is 1. The van der Waals surface area contributed by atoms with Gasteiger partial charge in [-0.15, -0.1) is 0 Å². The monoisotopic (exact) mass is 154 g/mol. The Hall–Kier alpha value is -0.340. The quantitative estimate of drug-likeness (QED) is 0.594. The molecule has 1 unspecified atom stereocenters. The van der Waals surface area contributed by atoms with Gasteiger partial charge >= 0.3 is 0 Å². The van der Waals surface area contributed by atoms with Crippen LogP contribution < -0.4 is 11.1 Å². The molecule has 0 radical (unpaired) electrons. The van der Waals surface area contributed by atoms with Crippen LogP contribution in [0.25, 0.3) is 0 Å². The average molecular weight is 154 g/mol. The molecule has 64 valence electrons. The van der Waals surface area contributed by atoms with Gasteiger partial charge in [0.05, 0.1) is 0 Å². The van der Waals surface area contributed by atoms with Crippen molar-refractivity contribution in [2.45, 2.75) is 38.3 Å². The summed E-state index contributed by atoms with van der Waals surface area (Å²) >= 11 is 0. The van der Waals surface area contributed by atoms with Crippen molar-refractivity contribution in [1.82, 2.24) is 5.32 Å². The van der Waals surface area contributed by atoms with Crippen LogP contribution in [0.5, 0.6) is 0 Å². The smallest absolute Gasteiger partial charge is 0.0190 e. The van der Waals surface area contributed by atoms with Crippen molar-refractivity contribution >= 4 is 0 Å². The van der Waals surface area contributed by atoms with Gasteiger partial charge in [0.25, 0.3) is 0 Å². The van der Waals surface area contributed by atoms with E-state index in [2.05, 4.69) is 24.4 Å². The molecule has 0 fully saturated rings. The molecule has 0 aromatic heterocycles. The number of hydrogen-bond donors (Lipinski definition) is 2. The molecule has 0 spiro atoms. The molecule has 0 aromatic rings. The fourth-order valence-corrected chi connectivity index (χ4v) is 1.44. The zero-order chi connectivity index (χ0) is 8.10. The molecule has 1 rings (SSSR count). The lowest BCUT2D eigenvalue weighted by atomic mass is 10.1. The Morgan fingerprint density at radius 1 is 1.55 bits per heavy atom. The highest BCUT2D eigenvalue weighted by atomic mass is 15.0. The molecule has 0 aliphatic heterocycles. The van der Waals surface area contributed by atoms with Gasteiger partial charge in [0, 0.05) is 18.6 Å². The Balaban J connectivity index is 2.17. The van der Waals surface area contributed by atoms with Crippen LogP contribution in [0, 0.1) is 0 Å². The van der Waals surface area contributed by atoms with Gasteiger partial charge in [0.2, 0.25) is 0 Å². The summed E-state index contributed by atoms with van der Waals surface area (Å²) in [7, 11) is 0. The minimum absolute atomic E-state index is 0.514. The van der Waals surface area contributed by atoms with E-state index in [1.165, 1.54) is 12.8 Å². The van der Waals surface area contributed by atoms with Crippen LogP contribution in [0.4, 0.5) is 0 Å². The minimum Gasteiger partial charge on any atom is -0.329 e. The second-order valence-corrected chi connectivity index (χ2v) is 3.15. The standard InChI is InChI=1S/C9H18N2/c1-2-8(7-10)11-9-5-3-4-6-9/h3-4,8-9,11H,2,5-7,10H2,1H3. The number of nitrogens with two attached hydrogens (primary N) is 1. The largest absolute Gasteiger partial charge is 0.329 e. The van der Waals surface area contributed by atoms with E-state index in [0.717, 1.165) is 13.0 Å². The molecule has 0 amide bonds. The highest BCUT2D eigenvalue weighted by molar-refractivity contribution is 4.98. The summed E-state index contributed by atoms with van der Waals surface area (Å²) in [6.45, 7) is 2.93. The van der Waals surface area contributed by atoms with Gasteiger partial charge in [0.15, 0.2) is 0 Å². The molecule has 0 aromatic carbocycles. The highest BCUT2D eigenvalue weighted by Gasteiger charge is 2.12. The molecule has 2 heteroatoms. The molecule has 0 saturated carbocycles. The lowest BCUT2D eigenvalue weighted by Crippen LogP contribution is -2.41. The fraction of sp³-hybridized carbons (Fsp3) is 0.778. The van der Waals surface area contributed by atoms with E-state index in [1.54, 1.807) is 0 Å². The summed E-state index contributed by atoms with van der Waals surface area (Å²) in [6, 6.07) is 1.17. The van der Waals surface area contributed by atoms with Crippen LogP contribution >= 0.6 is 0 Å². The van der Waals surface area contributed by atoms with E-state index in [0.29, 0.717) is 12.1 Å². The maximum atomic E-state index is 5.58. The lowest BCUT2D eigenvalue weighted by Gasteiger charge is -2.19. The summed E-state index contributed by atoms with van der Waals surface area (Å²) in [5, 5.41) is 3.53. The maximum Gasteiger partial charge on any atom is 0.0190 e. The van der Waals surface area contributed by atoms with Crippen molar-refractivity contribution in [3.8, 4) is 0 Å². The van der Waals surface area contributed by atoms with Crippen molar-refractivity contribution in [1.29, 1.82) is 0 Å². The van der Waals surface area contributed by atoms with Crippen molar-refractivity contribution < 1.29 is 0 Å². The zero-order valence-corrected chi connectivity index (χ0v) is 7.22. The van der Waals surface area contributed by atoms with Gasteiger partial charge in [-0.25, -0.2) is 0 Å². The third kappa shape index (κ3) is 2.64.